The van der Waals surface area contributed by atoms with Crippen LogP contribution in [-0.4, -0.2) is 68.0 Å². The molecule has 7 rings (SSSR count). The Labute approximate surface area is 249 Å². The first-order valence-electron chi connectivity index (χ1n) is 15.3. The molecule has 0 spiro atoms. The zero-order valence-corrected chi connectivity index (χ0v) is 24.7. The Hall–Kier alpha value is -3.83. The van der Waals surface area contributed by atoms with Gasteiger partial charge in [0, 0.05) is 87.3 Å². The van der Waals surface area contributed by atoms with Gasteiger partial charge in [-0.15, -0.1) is 0 Å². The molecule has 3 aliphatic rings. The predicted octanol–water partition coefficient (Wildman–Crippen LogP) is 4.11. The number of aryl methyl sites for hydroxylation is 2. The summed E-state index contributed by atoms with van der Waals surface area (Å²) in [5, 5.41) is 14.6. The van der Waals surface area contributed by atoms with Crippen molar-refractivity contribution in [2.75, 3.05) is 36.0 Å². The average Bonchev–Trinajstić information content (AvgIpc) is 3.60. The number of pyridine rings is 2. The van der Waals surface area contributed by atoms with E-state index in [1.807, 2.05) is 36.4 Å². The first-order chi connectivity index (χ1) is 20.8. The lowest BCUT2D eigenvalue weighted by Crippen LogP contribution is -2.48. The van der Waals surface area contributed by atoms with E-state index in [0.717, 1.165) is 49.0 Å². The third kappa shape index (κ3) is 5.75. The molecule has 0 bridgehead atoms. The minimum absolute atomic E-state index is 0.129. The van der Waals surface area contributed by atoms with Crippen molar-refractivity contribution in [3.05, 3.63) is 75.4 Å². The topological polar surface area (TPSA) is 104 Å². The Kier molecular flexibility index (Phi) is 7.38. The molecule has 2 saturated heterocycles. The van der Waals surface area contributed by atoms with Crippen molar-refractivity contribution in [1.29, 1.82) is 0 Å². The Morgan fingerprint density at radius 2 is 1.93 bits per heavy atom. The number of halogens is 1. The van der Waals surface area contributed by atoms with Crippen LogP contribution in [0.2, 0.25) is 0 Å². The second-order valence-electron chi connectivity index (χ2n) is 12.4. The van der Waals surface area contributed by atoms with Gasteiger partial charge in [0.25, 0.3) is 5.95 Å². The summed E-state index contributed by atoms with van der Waals surface area (Å²) in [6, 6.07) is 7.79. The number of hydrogen-bond acceptors (Lipinski definition) is 9. The number of benzene rings is 1. The van der Waals surface area contributed by atoms with Crippen LogP contribution in [0.4, 0.5) is 16.0 Å². The van der Waals surface area contributed by atoms with Gasteiger partial charge in [0.2, 0.25) is 5.89 Å². The number of nitrogens with zero attached hydrogens (tertiary/aromatic N) is 7. The molecule has 1 aliphatic carbocycles. The number of β-amino-alcohol motifs (C(OH)–C–C–N with tert-alkyl or cyclic N) is 1. The lowest BCUT2D eigenvalue weighted by atomic mass is 10.0. The van der Waals surface area contributed by atoms with Crippen molar-refractivity contribution in [1.82, 2.24) is 24.6 Å². The van der Waals surface area contributed by atoms with Crippen LogP contribution in [0.15, 0.2) is 46.0 Å². The van der Waals surface area contributed by atoms with Gasteiger partial charge in [-0.25, -0.2) is 4.39 Å². The molecule has 226 valence electrons. The summed E-state index contributed by atoms with van der Waals surface area (Å²) in [6.07, 6.45) is 8.00. The van der Waals surface area contributed by atoms with E-state index < -0.39 is 11.9 Å². The van der Waals surface area contributed by atoms with E-state index in [0.29, 0.717) is 73.7 Å². The summed E-state index contributed by atoms with van der Waals surface area (Å²) >= 11 is 0. The van der Waals surface area contributed by atoms with Crippen LogP contribution in [0, 0.1) is 19.7 Å². The molecule has 3 fully saturated rings. The highest BCUT2D eigenvalue weighted by Gasteiger charge is 2.31. The standard InChI is InChI=1S/C32H38FN7O3/c1-20-12-22(7-9-34-20)15-39(25-4-3-10-38(18-25)32-35-21(2)43-36-32)16-23-17-40(24-5-6-24)29-14-30(37-11-8-26(41)19-37)28(33)13-27(29)31(23)42/h7,9,12-14,17,24-26,41H,3-6,8,10-11,15-16,18-19H2,1-2H3. The maximum atomic E-state index is 15.5. The van der Waals surface area contributed by atoms with Gasteiger partial charge < -0.3 is 24.0 Å². The van der Waals surface area contributed by atoms with Crippen LogP contribution in [0.5, 0.6) is 0 Å². The number of fused-ring (bicyclic) bond motifs is 1. The Bertz CT molecular complexity index is 1700. The van der Waals surface area contributed by atoms with E-state index in [-0.39, 0.29) is 11.5 Å². The van der Waals surface area contributed by atoms with Crippen LogP contribution in [0.1, 0.15) is 60.9 Å². The maximum absolute atomic E-state index is 15.5. The monoisotopic (exact) mass is 587 g/mol. The number of aromatic nitrogens is 4. The molecule has 2 atom stereocenters. The van der Waals surface area contributed by atoms with Crippen LogP contribution in [0.3, 0.4) is 0 Å². The van der Waals surface area contributed by atoms with Crippen LogP contribution >= 0.6 is 0 Å². The summed E-state index contributed by atoms with van der Waals surface area (Å²) in [6.45, 7) is 7.43. The third-order valence-electron chi connectivity index (χ3n) is 9.05. The summed E-state index contributed by atoms with van der Waals surface area (Å²) in [4.78, 5) is 29.3. The normalized spacial score (nSPS) is 21.0. The number of aliphatic hydroxyl groups is 1. The van der Waals surface area contributed by atoms with E-state index in [4.69, 9.17) is 4.52 Å². The molecule has 0 radical (unpaired) electrons. The first-order valence-corrected chi connectivity index (χ1v) is 15.3. The summed E-state index contributed by atoms with van der Waals surface area (Å²) in [5.41, 5.74) is 3.84. The molecule has 43 heavy (non-hydrogen) atoms. The number of aliphatic hydroxyl groups excluding tert-OH is 1. The predicted molar refractivity (Wildman–Crippen MR) is 162 cm³/mol. The van der Waals surface area contributed by atoms with Gasteiger partial charge in [0.15, 0.2) is 5.43 Å². The van der Waals surface area contributed by atoms with Crippen molar-refractivity contribution < 1.29 is 14.0 Å². The van der Waals surface area contributed by atoms with Gasteiger partial charge in [-0.05, 0) is 74.0 Å². The van der Waals surface area contributed by atoms with Gasteiger partial charge >= 0.3 is 0 Å². The molecule has 0 amide bonds. The molecular formula is C32H38FN7O3. The zero-order valence-electron chi connectivity index (χ0n) is 24.7. The number of anilines is 2. The number of piperidine rings is 1. The van der Waals surface area contributed by atoms with Crippen molar-refractivity contribution in [3.63, 3.8) is 0 Å². The molecule has 5 heterocycles. The molecule has 11 heteroatoms. The lowest BCUT2D eigenvalue weighted by molar-refractivity contribution is 0.157. The smallest absolute Gasteiger partial charge is 0.266 e. The molecule has 1 saturated carbocycles. The fourth-order valence-electron chi connectivity index (χ4n) is 6.71. The van der Waals surface area contributed by atoms with E-state index >= 15 is 4.39 Å². The minimum Gasteiger partial charge on any atom is -0.391 e. The quantitative estimate of drug-likeness (QED) is 0.326. The van der Waals surface area contributed by atoms with Crippen molar-refractivity contribution in [2.24, 2.45) is 0 Å². The van der Waals surface area contributed by atoms with E-state index in [2.05, 4.69) is 35.6 Å². The Morgan fingerprint density at radius 3 is 2.65 bits per heavy atom. The van der Waals surface area contributed by atoms with E-state index in [1.165, 1.54) is 6.07 Å². The summed E-state index contributed by atoms with van der Waals surface area (Å²) < 4.78 is 23.0. The summed E-state index contributed by atoms with van der Waals surface area (Å²) in [5.74, 6) is 0.718. The second kappa shape index (κ2) is 11.3. The summed E-state index contributed by atoms with van der Waals surface area (Å²) in [7, 11) is 0. The molecular weight excluding hydrogens is 549 g/mol. The molecule has 2 aliphatic heterocycles. The minimum atomic E-state index is -0.460. The van der Waals surface area contributed by atoms with Crippen LogP contribution < -0.4 is 15.2 Å². The highest BCUT2D eigenvalue weighted by Crippen LogP contribution is 2.38. The van der Waals surface area contributed by atoms with Gasteiger partial charge in [0.1, 0.15) is 5.82 Å². The molecule has 1 aromatic carbocycles. The van der Waals surface area contributed by atoms with Gasteiger partial charge in [-0.1, -0.05) is 0 Å². The SMILES string of the molecule is Cc1cc(CN(Cc2cn(C3CC3)c3cc(N4CCC(O)C4)c(F)cc3c2=O)C2CCCN(c3noc(C)n3)C2)ccn1. The van der Waals surface area contributed by atoms with Crippen LogP contribution in [0.25, 0.3) is 10.9 Å². The molecule has 4 aromatic rings. The Morgan fingerprint density at radius 1 is 1.07 bits per heavy atom. The Balaban J connectivity index is 1.25. The maximum Gasteiger partial charge on any atom is 0.266 e. The number of hydrogen-bond donors (Lipinski definition) is 1. The van der Waals surface area contributed by atoms with Gasteiger partial charge in [-0.3, -0.25) is 14.7 Å². The molecule has 3 aromatic heterocycles. The fourth-order valence-corrected chi connectivity index (χ4v) is 6.71. The highest BCUT2D eigenvalue weighted by atomic mass is 19.1. The largest absolute Gasteiger partial charge is 0.391 e. The first kappa shape index (κ1) is 28.0. The lowest BCUT2D eigenvalue weighted by Gasteiger charge is -2.39. The van der Waals surface area contributed by atoms with Crippen molar-refractivity contribution in [2.45, 2.75) is 77.2 Å². The second-order valence-corrected chi connectivity index (χ2v) is 12.4. The van der Waals surface area contributed by atoms with Crippen LogP contribution in [-0.2, 0) is 13.1 Å². The number of rotatable bonds is 8. The third-order valence-corrected chi connectivity index (χ3v) is 9.05. The van der Waals surface area contributed by atoms with Crippen molar-refractivity contribution >= 4 is 22.5 Å². The van der Waals surface area contributed by atoms with E-state index in [1.54, 1.807) is 6.92 Å². The average molecular weight is 588 g/mol. The molecule has 1 N–H and O–H groups in total. The zero-order chi connectivity index (χ0) is 29.7. The van der Waals surface area contributed by atoms with E-state index in [9.17, 15) is 9.90 Å². The van der Waals surface area contributed by atoms with Gasteiger partial charge in [-0.2, -0.15) is 4.98 Å². The highest BCUT2D eigenvalue weighted by molar-refractivity contribution is 5.84. The van der Waals surface area contributed by atoms with Crippen molar-refractivity contribution in [3.8, 4) is 0 Å². The fraction of sp³-hybridized carbons (Fsp3) is 0.500. The molecule has 10 nitrogen and oxygen atoms in total. The van der Waals surface area contributed by atoms with Gasteiger partial charge in [0.05, 0.1) is 17.3 Å². The molecule has 2 unspecified atom stereocenters.